The van der Waals surface area contributed by atoms with Gasteiger partial charge in [0.2, 0.25) is 5.91 Å². The highest BCUT2D eigenvalue weighted by atomic mass is 31.2. The molecule has 0 saturated heterocycles. The lowest BCUT2D eigenvalue weighted by Gasteiger charge is -2.05. The van der Waals surface area contributed by atoms with E-state index < -0.39 is 7.60 Å². The first-order valence-electron chi connectivity index (χ1n) is 7.55. The van der Waals surface area contributed by atoms with Crippen molar-refractivity contribution in [3.8, 4) is 70.8 Å². The molecule has 0 heterocycles. The number of rotatable bonds is 5. The van der Waals surface area contributed by atoms with Crippen molar-refractivity contribution in [3.63, 3.8) is 0 Å². The second kappa shape index (κ2) is 14.8. The lowest BCUT2D eigenvalue weighted by Crippen LogP contribution is -2.23. The van der Waals surface area contributed by atoms with E-state index in [1.54, 1.807) is 0 Å². The minimum absolute atomic E-state index is 0.108. The lowest BCUT2D eigenvalue weighted by atomic mass is 10.2. The van der Waals surface area contributed by atoms with E-state index in [0.717, 1.165) is 12.0 Å². The molecule has 0 aromatic heterocycles. The van der Waals surface area contributed by atoms with Crippen LogP contribution in [-0.2, 0) is 13.9 Å². The fraction of sp³-hybridized carbons (Fsp3) is 0.238. The molecule has 0 spiro atoms. The third kappa shape index (κ3) is 15.8. The Hall–Kier alpha value is -3.50. The third-order valence-electron chi connectivity index (χ3n) is 2.28. The summed E-state index contributed by atoms with van der Waals surface area (Å²) in [6.45, 7) is 6.74. The fourth-order valence-electron chi connectivity index (χ4n) is 1.14. The van der Waals surface area contributed by atoms with Crippen molar-refractivity contribution in [2.45, 2.75) is 20.3 Å². The minimum atomic E-state index is -4.07. The van der Waals surface area contributed by atoms with Crippen LogP contribution < -0.4 is 5.32 Å². The summed E-state index contributed by atoms with van der Waals surface area (Å²) < 4.78 is 16.1. The molecule has 0 rings (SSSR count). The molecule has 6 heteroatoms. The van der Waals surface area contributed by atoms with Crippen LogP contribution in [0.25, 0.3) is 0 Å². The first-order chi connectivity index (χ1) is 12.9. The molecule has 0 aromatic carbocycles. The predicted octanol–water partition coefficient (Wildman–Crippen LogP) is 1.42. The summed E-state index contributed by atoms with van der Waals surface area (Å²) in [6.07, 6.45) is 0.742. The van der Waals surface area contributed by atoms with Crippen molar-refractivity contribution in [2.24, 2.45) is 0 Å². The quantitative estimate of drug-likeness (QED) is 0.329. The molecule has 134 valence electrons. The van der Waals surface area contributed by atoms with Crippen molar-refractivity contribution >= 4 is 13.5 Å². The number of allylic oxidation sites excluding steroid dienone is 1. The van der Waals surface area contributed by atoms with Crippen LogP contribution in [0.4, 0.5) is 0 Å². The van der Waals surface area contributed by atoms with E-state index in [2.05, 4.69) is 87.3 Å². The van der Waals surface area contributed by atoms with Crippen LogP contribution in [0.5, 0.6) is 0 Å². The number of carbonyl (C=O) groups excluding carboxylic acids is 1. The van der Waals surface area contributed by atoms with Crippen LogP contribution in [-0.4, -0.2) is 24.0 Å². The summed E-state index contributed by atoms with van der Waals surface area (Å²) in [4.78, 5) is 20.0. The zero-order valence-corrected chi connectivity index (χ0v) is 15.8. The number of hydrogen-bond acceptors (Lipinski definition) is 3. The summed E-state index contributed by atoms with van der Waals surface area (Å²) >= 11 is 0. The maximum Gasteiger partial charge on any atom is 0.404 e. The highest BCUT2D eigenvalue weighted by molar-refractivity contribution is 7.58. The van der Waals surface area contributed by atoms with Gasteiger partial charge in [-0.3, -0.25) is 9.32 Å². The highest BCUT2D eigenvalue weighted by Crippen LogP contribution is 2.39. The summed E-state index contributed by atoms with van der Waals surface area (Å²) in [5, 5.41) is 2.41. The molecule has 0 aromatic rings. The zero-order chi connectivity index (χ0) is 20.4. The predicted molar refractivity (Wildman–Crippen MR) is 104 cm³/mol. The molecule has 0 bridgehead atoms. The van der Waals surface area contributed by atoms with Gasteiger partial charge in [-0.15, -0.1) is 5.73 Å². The Morgan fingerprint density at radius 1 is 1.04 bits per heavy atom. The van der Waals surface area contributed by atoms with Crippen LogP contribution >= 0.6 is 7.60 Å². The standard InChI is InChI=1S/C21H16NO4P/c1-4-21(5-2)16-14-12-10-8-6-7-9-11-13-15-19-27(24,25)26-18-17-22-20(3)23/h1,5,17-18H2,2-3H3,(H,22,23)(H,24,25). The smallest absolute Gasteiger partial charge is 0.354 e. The van der Waals surface area contributed by atoms with Gasteiger partial charge in [-0.05, 0) is 71.5 Å². The average Bonchev–Trinajstić information content (AvgIpc) is 2.62. The van der Waals surface area contributed by atoms with Crippen LogP contribution in [0.1, 0.15) is 20.3 Å². The van der Waals surface area contributed by atoms with Crippen molar-refractivity contribution in [3.05, 3.63) is 17.9 Å². The SMILES string of the molecule is C=C=C(C#CC#CC#CC#CC#CC#CP(=O)(O)OCCNC(C)=O)CC. The van der Waals surface area contributed by atoms with E-state index in [1.807, 2.05) is 12.6 Å². The van der Waals surface area contributed by atoms with E-state index in [1.165, 1.54) is 6.92 Å². The fourth-order valence-corrected chi connectivity index (χ4v) is 1.74. The monoisotopic (exact) mass is 377 g/mol. The summed E-state index contributed by atoms with van der Waals surface area (Å²) in [7, 11) is -4.07. The Balaban J connectivity index is 4.49. The minimum Gasteiger partial charge on any atom is -0.354 e. The van der Waals surface area contributed by atoms with Crippen molar-refractivity contribution < 1.29 is 18.8 Å². The van der Waals surface area contributed by atoms with Gasteiger partial charge in [-0.25, -0.2) is 4.57 Å². The molecule has 0 aliphatic carbocycles. The Morgan fingerprint density at radius 3 is 2.04 bits per heavy atom. The molecule has 5 nitrogen and oxygen atoms in total. The zero-order valence-electron chi connectivity index (χ0n) is 14.9. The van der Waals surface area contributed by atoms with Gasteiger partial charge in [0.15, 0.2) is 0 Å². The van der Waals surface area contributed by atoms with E-state index in [0.29, 0.717) is 0 Å². The number of hydrogen-bond donors (Lipinski definition) is 2. The maximum absolute atomic E-state index is 11.5. The second-order valence-corrected chi connectivity index (χ2v) is 5.85. The molecule has 1 unspecified atom stereocenters. The molecular formula is C21H16NO4P. The maximum atomic E-state index is 11.5. The topological polar surface area (TPSA) is 75.6 Å². The normalized spacial score (nSPS) is 9.44. The molecule has 0 radical (unpaired) electrons. The number of amides is 1. The number of nitrogens with one attached hydrogen (secondary N) is 1. The largest absolute Gasteiger partial charge is 0.404 e. The van der Waals surface area contributed by atoms with E-state index >= 15 is 0 Å². The highest BCUT2D eigenvalue weighted by Gasteiger charge is 2.14. The average molecular weight is 377 g/mol. The van der Waals surface area contributed by atoms with E-state index in [9.17, 15) is 14.3 Å². The van der Waals surface area contributed by atoms with Crippen LogP contribution in [0.3, 0.4) is 0 Å². The first-order valence-corrected chi connectivity index (χ1v) is 9.13. The van der Waals surface area contributed by atoms with Crippen LogP contribution in [0, 0.1) is 70.8 Å². The lowest BCUT2D eigenvalue weighted by molar-refractivity contribution is -0.119. The first kappa shape index (κ1) is 23.5. The van der Waals surface area contributed by atoms with Gasteiger partial charge >= 0.3 is 7.60 Å². The molecule has 0 aliphatic heterocycles. The Kier molecular flexibility index (Phi) is 12.9. The molecular weight excluding hydrogens is 361 g/mol. The Bertz CT molecular complexity index is 1030. The van der Waals surface area contributed by atoms with Crippen molar-refractivity contribution in [1.29, 1.82) is 0 Å². The molecule has 0 saturated carbocycles. The molecule has 0 aliphatic rings. The van der Waals surface area contributed by atoms with Crippen molar-refractivity contribution in [1.82, 2.24) is 5.32 Å². The molecule has 0 fully saturated rings. The van der Waals surface area contributed by atoms with Crippen LogP contribution in [0.2, 0.25) is 0 Å². The van der Waals surface area contributed by atoms with Gasteiger partial charge in [0.25, 0.3) is 0 Å². The van der Waals surface area contributed by atoms with Crippen molar-refractivity contribution in [2.75, 3.05) is 13.2 Å². The number of carbonyl (C=O) groups is 1. The Morgan fingerprint density at radius 2 is 1.56 bits per heavy atom. The van der Waals surface area contributed by atoms with Gasteiger partial charge in [0.1, 0.15) is 0 Å². The molecule has 1 atom stereocenters. The molecule has 1 amide bonds. The molecule has 2 N–H and O–H groups in total. The summed E-state index contributed by atoms with van der Waals surface area (Å²) in [6, 6.07) is 0. The van der Waals surface area contributed by atoms with Gasteiger partial charge in [0, 0.05) is 24.7 Å². The van der Waals surface area contributed by atoms with Gasteiger partial charge in [-0.1, -0.05) is 13.5 Å². The van der Waals surface area contributed by atoms with Gasteiger partial charge in [-0.2, -0.15) is 0 Å². The Labute approximate surface area is 160 Å². The van der Waals surface area contributed by atoms with Gasteiger partial charge in [0.05, 0.1) is 6.61 Å². The van der Waals surface area contributed by atoms with Crippen LogP contribution in [0.15, 0.2) is 17.9 Å². The molecule has 27 heavy (non-hydrogen) atoms. The van der Waals surface area contributed by atoms with E-state index in [4.69, 9.17) is 0 Å². The summed E-state index contributed by atoms with van der Waals surface area (Å²) in [5.74, 6) is 26.7. The second-order valence-electron chi connectivity index (χ2n) is 4.33. The summed E-state index contributed by atoms with van der Waals surface area (Å²) in [5.41, 5.74) is 5.47. The van der Waals surface area contributed by atoms with Gasteiger partial charge < -0.3 is 10.2 Å². The van der Waals surface area contributed by atoms with E-state index in [-0.39, 0.29) is 19.1 Å². The third-order valence-corrected chi connectivity index (χ3v) is 3.21.